The summed E-state index contributed by atoms with van der Waals surface area (Å²) in [6, 6.07) is 17.5. The molecular formula is C24H22BrN3O4S. The molecule has 0 bridgehead atoms. The molecule has 2 heterocycles. The molecule has 0 fully saturated rings. The fourth-order valence-electron chi connectivity index (χ4n) is 3.30. The lowest BCUT2D eigenvalue weighted by molar-refractivity contribution is 0.0599. The van der Waals surface area contributed by atoms with E-state index in [0.29, 0.717) is 34.6 Å². The molecule has 0 N–H and O–H groups in total. The monoisotopic (exact) mass is 527 g/mol. The second kappa shape index (κ2) is 10.3. The highest BCUT2D eigenvalue weighted by molar-refractivity contribution is 9.10. The maximum Gasteiger partial charge on any atom is 0.341 e. The summed E-state index contributed by atoms with van der Waals surface area (Å²) in [6.07, 6.45) is 0. The van der Waals surface area contributed by atoms with Gasteiger partial charge in [0.1, 0.15) is 22.8 Å². The Kier molecular flexibility index (Phi) is 7.20. The summed E-state index contributed by atoms with van der Waals surface area (Å²) in [6.45, 7) is 4.30. The van der Waals surface area contributed by atoms with Crippen molar-refractivity contribution in [3.8, 4) is 22.8 Å². The summed E-state index contributed by atoms with van der Waals surface area (Å²) >= 11 is 4.95. The van der Waals surface area contributed by atoms with Crippen LogP contribution in [0.2, 0.25) is 0 Å². The van der Waals surface area contributed by atoms with Crippen molar-refractivity contribution in [2.45, 2.75) is 24.8 Å². The molecule has 0 atom stereocenters. The number of carbonyl (C=O) groups is 1. The molecule has 9 heteroatoms. The first-order chi connectivity index (χ1) is 16.0. The Labute approximate surface area is 204 Å². The number of hydrogen-bond acceptors (Lipinski definition) is 7. The van der Waals surface area contributed by atoms with Gasteiger partial charge in [0.15, 0.2) is 11.0 Å². The van der Waals surface area contributed by atoms with E-state index in [-0.39, 0.29) is 0 Å². The van der Waals surface area contributed by atoms with Crippen molar-refractivity contribution in [3.05, 3.63) is 76.2 Å². The fourth-order valence-corrected chi connectivity index (χ4v) is 4.40. The third-order valence-electron chi connectivity index (χ3n) is 4.86. The minimum atomic E-state index is -0.414. The van der Waals surface area contributed by atoms with Crippen molar-refractivity contribution in [3.63, 3.8) is 0 Å². The third kappa shape index (κ3) is 5.15. The van der Waals surface area contributed by atoms with E-state index in [9.17, 15) is 4.79 Å². The molecule has 0 aliphatic carbocycles. The van der Waals surface area contributed by atoms with E-state index in [0.717, 1.165) is 27.3 Å². The number of aryl methyl sites for hydroxylation is 1. The Morgan fingerprint density at radius 2 is 1.85 bits per heavy atom. The molecule has 0 aliphatic rings. The summed E-state index contributed by atoms with van der Waals surface area (Å²) < 4.78 is 19.1. The fraction of sp³-hybridized carbons (Fsp3) is 0.208. The number of methoxy groups -OCH3 is 1. The Bertz CT molecular complexity index is 1250. The average molecular weight is 528 g/mol. The third-order valence-corrected chi connectivity index (χ3v) is 6.34. The maximum atomic E-state index is 11.9. The Hall–Kier alpha value is -3.04. The highest BCUT2D eigenvalue weighted by atomic mass is 79.9. The zero-order valence-corrected chi connectivity index (χ0v) is 20.8. The van der Waals surface area contributed by atoms with E-state index < -0.39 is 5.97 Å². The summed E-state index contributed by atoms with van der Waals surface area (Å²) in [5.41, 5.74) is 2.28. The van der Waals surface area contributed by atoms with Gasteiger partial charge in [0.2, 0.25) is 0 Å². The van der Waals surface area contributed by atoms with Crippen molar-refractivity contribution in [1.82, 2.24) is 14.8 Å². The van der Waals surface area contributed by atoms with Crippen molar-refractivity contribution < 1.29 is 18.7 Å². The molecule has 0 amide bonds. The zero-order chi connectivity index (χ0) is 23.4. The molecular weight excluding hydrogens is 506 g/mol. The van der Waals surface area contributed by atoms with E-state index in [4.69, 9.17) is 13.9 Å². The minimum Gasteiger partial charge on any atom is -0.494 e. The molecule has 0 saturated carbocycles. The van der Waals surface area contributed by atoms with E-state index in [2.05, 4.69) is 26.1 Å². The van der Waals surface area contributed by atoms with Crippen molar-refractivity contribution in [2.75, 3.05) is 13.7 Å². The van der Waals surface area contributed by atoms with Crippen molar-refractivity contribution in [2.24, 2.45) is 0 Å². The number of ether oxygens (including phenoxy) is 2. The molecule has 0 radical (unpaired) electrons. The van der Waals surface area contributed by atoms with Gasteiger partial charge < -0.3 is 13.9 Å². The second-order valence-electron chi connectivity index (χ2n) is 7.04. The van der Waals surface area contributed by atoms with Gasteiger partial charge in [0, 0.05) is 15.7 Å². The first-order valence-corrected chi connectivity index (χ1v) is 12.0. The second-order valence-corrected chi connectivity index (χ2v) is 8.90. The molecule has 4 rings (SSSR count). The average Bonchev–Trinajstić information content (AvgIpc) is 3.42. The minimum absolute atomic E-state index is 0.414. The number of esters is 1. The first kappa shape index (κ1) is 23.1. The van der Waals surface area contributed by atoms with Crippen LogP contribution in [0.4, 0.5) is 0 Å². The number of benzene rings is 2. The number of aromatic nitrogens is 3. The number of hydrogen-bond donors (Lipinski definition) is 0. The molecule has 33 heavy (non-hydrogen) atoms. The van der Waals surface area contributed by atoms with Gasteiger partial charge in [-0.15, -0.1) is 10.2 Å². The molecule has 170 valence electrons. The number of rotatable bonds is 8. The van der Waals surface area contributed by atoms with Gasteiger partial charge in [-0.3, -0.25) is 4.57 Å². The summed E-state index contributed by atoms with van der Waals surface area (Å²) in [5, 5.41) is 9.61. The summed E-state index contributed by atoms with van der Waals surface area (Å²) in [4.78, 5) is 11.9. The van der Waals surface area contributed by atoms with Gasteiger partial charge >= 0.3 is 5.97 Å². The van der Waals surface area contributed by atoms with E-state index in [1.807, 2.05) is 60.0 Å². The Morgan fingerprint density at radius 3 is 2.52 bits per heavy atom. The smallest absolute Gasteiger partial charge is 0.341 e. The quantitative estimate of drug-likeness (QED) is 0.203. The largest absolute Gasteiger partial charge is 0.494 e. The topological polar surface area (TPSA) is 79.4 Å². The summed E-state index contributed by atoms with van der Waals surface area (Å²) in [7, 11) is 1.35. The van der Waals surface area contributed by atoms with Gasteiger partial charge in [-0.2, -0.15) is 0 Å². The summed E-state index contributed by atoms with van der Waals surface area (Å²) in [5.74, 6) is 2.77. The molecule has 0 aliphatic heterocycles. The maximum absolute atomic E-state index is 11.9. The predicted octanol–water partition coefficient (Wildman–Crippen LogP) is 6.08. The molecule has 2 aromatic heterocycles. The normalized spacial score (nSPS) is 10.9. The van der Waals surface area contributed by atoms with Crippen molar-refractivity contribution in [1.29, 1.82) is 0 Å². The van der Waals surface area contributed by atoms with Crippen LogP contribution in [-0.2, 0) is 10.5 Å². The van der Waals surface area contributed by atoms with E-state index in [1.54, 1.807) is 13.0 Å². The van der Waals surface area contributed by atoms with Crippen LogP contribution >= 0.6 is 27.7 Å². The van der Waals surface area contributed by atoms with Crippen molar-refractivity contribution >= 4 is 33.7 Å². The first-order valence-electron chi connectivity index (χ1n) is 10.2. The van der Waals surface area contributed by atoms with E-state index in [1.165, 1.54) is 18.9 Å². The van der Waals surface area contributed by atoms with Gasteiger partial charge in [-0.25, -0.2) is 4.79 Å². The molecule has 0 unspecified atom stereocenters. The Balaban J connectivity index is 1.67. The highest BCUT2D eigenvalue weighted by Crippen LogP contribution is 2.32. The predicted molar refractivity (Wildman–Crippen MR) is 130 cm³/mol. The van der Waals surface area contributed by atoms with Crippen LogP contribution in [0.15, 0.2) is 68.6 Å². The number of nitrogens with zero attached hydrogens (tertiary/aromatic N) is 3. The van der Waals surface area contributed by atoms with Crippen LogP contribution in [0.3, 0.4) is 0 Å². The van der Waals surface area contributed by atoms with Gasteiger partial charge in [-0.05, 0) is 56.3 Å². The van der Waals surface area contributed by atoms with Crippen LogP contribution in [0.1, 0.15) is 28.8 Å². The Morgan fingerprint density at radius 1 is 1.12 bits per heavy atom. The van der Waals surface area contributed by atoms with Crippen LogP contribution in [0.5, 0.6) is 5.75 Å². The van der Waals surface area contributed by atoms with Crippen LogP contribution < -0.4 is 4.74 Å². The lowest BCUT2D eigenvalue weighted by atomic mass is 10.2. The van der Waals surface area contributed by atoms with E-state index >= 15 is 0 Å². The molecule has 7 nitrogen and oxygen atoms in total. The number of furan rings is 1. The molecule has 2 aromatic carbocycles. The standard InChI is InChI=1S/C24H22BrN3O4S/c1-4-31-19-11-9-18(10-12-19)28-22(16-5-7-17(25)8-6-16)26-27-24(28)33-14-20-13-21(15(2)32-20)23(29)30-3/h5-13H,4,14H2,1-3H3. The van der Waals surface area contributed by atoms with Crippen LogP contribution in [-0.4, -0.2) is 34.5 Å². The molecule has 0 saturated heterocycles. The zero-order valence-electron chi connectivity index (χ0n) is 18.4. The van der Waals surface area contributed by atoms with Gasteiger partial charge in [-0.1, -0.05) is 39.8 Å². The SMILES string of the molecule is CCOc1ccc(-n2c(SCc3cc(C(=O)OC)c(C)o3)nnc2-c2ccc(Br)cc2)cc1. The number of halogens is 1. The highest BCUT2D eigenvalue weighted by Gasteiger charge is 2.19. The van der Waals surface area contributed by atoms with Crippen LogP contribution in [0.25, 0.3) is 17.1 Å². The van der Waals surface area contributed by atoms with Gasteiger partial charge in [0.05, 0.1) is 19.5 Å². The molecule has 4 aromatic rings. The number of thioether (sulfide) groups is 1. The van der Waals surface area contributed by atoms with Crippen LogP contribution in [0, 0.1) is 6.92 Å². The van der Waals surface area contributed by atoms with Gasteiger partial charge in [0.25, 0.3) is 0 Å². The number of carbonyl (C=O) groups excluding carboxylic acids is 1. The lowest BCUT2D eigenvalue weighted by Crippen LogP contribution is -2.01. The molecule has 0 spiro atoms. The lowest BCUT2D eigenvalue weighted by Gasteiger charge is -2.11.